The van der Waals surface area contributed by atoms with Gasteiger partial charge in [0.15, 0.2) is 11.2 Å². The molecule has 0 saturated carbocycles. The van der Waals surface area contributed by atoms with Crippen LogP contribution in [-0.2, 0) is 0 Å². The van der Waals surface area contributed by atoms with Gasteiger partial charge in [0.1, 0.15) is 10.8 Å². The molecule has 0 amide bonds. The summed E-state index contributed by atoms with van der Waals surface area (Å²) in [5.41, 5.74) is -0.998. The molecule has 3 aromatic heterocycles. The Morgan fingerprint density at radius 2 is 1.27 bits per heavy atom. The van der Waals surface area contributed by atoms with E-state index in [2.05, 4.69) is 4.42 Å². The van der Waals surface area contributed by atoms with Crippen molar-refractivity contribution in [1.82, 2.24) is 0 Å². The maximum absolute atomic E-state index is 11.4. The number of fused-ring (bicyclic) bond motifs is 3. The molecule has 0 unspecified atom stereocenters. The summed E-state index contributed by atoms with van der Waals surface area (Å²) < 4.78 is 14.8. The van der Waals surface area contributed by atoms with Gasteiger partial charge in [0, 0.05) is 0 Å². The largest absolute Gasteiger partial charge is 0.460 e. The smallest absolute Gasteiger partial charge is 0.350 e. The van der Waals surface area contributed by atoms with Crippen LogP contribution in [0.2, 0.25) is 0 Å². The van der Waals surface area contributed by atoms with Gasteiger partial charge in [-0.05, 0) is 12.1 Å². The Hall–Kier alpha value is -2.30. The van der Waals surface area contributed by atoms with E-state index >= 15 is 0 Å². The molecule has 0 aliphatic carbocycles. The zero-order valence-electron chi connectivity index (χ0n) is 7.35. The van der Waals surface area contributed by atoms with Crippen LogP contribution in [0.4, 0.5) is 0 Å². The number of hydrogen-bond acceptors (Lipinski definition) is 5. The molecule has 0 fully saturated rings. The van der Waals surface area contributed by atoms with Gasteiger partial charge < -0.3 is 13.3 Å². The van der Waals surface area contributed by atoms with Gasteiger partial charge in [-0.2, -0.15) is 0 Å². The Kier molecular flexibility index (Phi) is 1.39. The Morgan fingerprint density at radius 3 is 1.73 bits per heavy atom. The zero-order valence-corrected chi connectivity index (χ0v) is 7.35. The highest BCUT2D eigenvalue weighted by molar-refractivity contribution is 5.97. The monoisotopic (exact) mass is 204 g/mol. The van der Waals surface area contributed by atoms with E-state index in [0.29, 0.717) is 0 Å². The van der Waals surface area contributed by atoms with Gasteiger partial charge in [-0.1, -0.05) is 0 Å². The summed E-state index contributed by atoms with van der Waals surface area (Å²) in [6, 6.07) is 2.87. The van der Waals surface area contributed by atoms with Crippen LogP contribution >= 0.6 is 0 Å². The molecule has 0 aromatic carbocycles. The minimum absolute atomic E-state index is 0.192. The van der Waals surface area contributed by atoms with E-state index in [-0.39, 0.29) is 21.9 Å². The highest BCUT2D eigenvalue weighted by Gasteiger charge is 2.12. The molecule has 0 aliphatic heterocycles. The molecule has 0 bridgehead atoms. The van der Waals surface area contributed by atoms with Gasteiger partial charge in [0.25, 0.3) is 0 Å². The lowest BCUT2D eigenvalue weighted by molar-refractivity contribution is 0.491. The molecular formula is C10H4O5. The Morgan fingerprint density at radius 1 is 0.800 bits per heavy atom. The second-order valence-electron chi connectivity index (χ2n) is 3.00. The van der Waals surface area contributed by atoms with E-state index in [0.717, 1.165) is 0 Å². The van der Waals surface area contributed by atoms with E-state index in [1.165, 1.54) is 24.7 Å². The minimum Gasteiger partial charge on any atom is -0.460 e. The summed E-state index contributed by atoms with van der Waals surface area (Å²) >= 11 is 0. The Bertz CT molecular complexity index is 694. The van der Waals surface area contributed by atoms with Crippen molar-refractivity contribution in [2.75, 3.05) is 0 Å². The van der Waals surface area contributed by atoms with Gasteiger partial charge in [0.2, 0.25) is 0 Å². The molecule has 5 nitrogen and oxygen atoms in total. The normalized spacial score (nSPS) is 11.2. The summed E-state index contributed by atoms with van der Waals surface area (Å²) in [5, 5.41) is 0.383. The molecule has 3 heterocycles. The van der Waals surface area contributed by atoms with Crippen LogP contribution in [0.3, 0.4) is 0 Å². The Labute approximate surface area is 81.5 Å². The summed E-state index contributed by atoms with van der Waals surface area (Å²) in [4.78, 5) is 22.8. The van der Waals surface area contributed by atoms with Crippen molar-refractivity contribution in [3.63, 3.8) is 0 Å². The molecule has 0 N–H and O–H groups in total. The fraction of sp³-hybridized carbons (Fsp3) is 0. The van der Waals surface area contributed by atoms with E-state index in [1.54, 1.807) is 0 Å². The summed E-state index contributed by atoms with van der Waals surface area (Å²) in [6.07, 6.45) is 2.68. The average Bonchev–Trinajstić information content (AvgIpc) is 2.83. The third-order valence-corrected chi connectivity index (χ3v) is 2.16. The molecule has 5 heteroatoms. The zero-order chi connectivity index (χ0) is 10.4. The van der Waals surface area contributed by atoms with Crippen molar-refractivity contribution in [2.24, 2.45) is 0 Å². The average molecular weight is 204 g/mol. The van der Waals surface area contributed by atoms with Crippen LogP contribution in [0, 0.1) is 0 Å². The second kappa shape index (κ2) is 2.60. The predicted molar refractivity (Wildman–Crippen MR) is 50.8 cm³/mol. The minimum atomic E-state index is -0.727. The van der Waals surface area contributed by atoms with Crippen LogP contribution in [-0.4, -0.2) is 0 Å². The fourth-order valence-electron chi connectivity index (χ4n) is 1.49. The molecule has 0 radical (unpaired) electrons. The summed E-state index contributed by atoms with van der Waals surface area (Å²) in [7, 11) is 0. The maximum Gasteiger partial charge on any atom is 0.350 e. The van der Waals surface area contributed by atoms with Crippen LogP contribution in [0.25, 0.3) is 21.9 Å². The third kappa shape index (κ3) is 0.969. The van der Waals surface area contributed by atoms with Crippen molar-refractivity contribution in [3.8, 4) is 0 Å². The van der Waals surface area contributed by atoms with Gasteiger partial charge >= 0.3 is 11.3 Å². The molecule has 74 valence electrons. The molecular weight excluding hydrogens is 200 g/mol. The first kappa shape index (κ1) is 8.05. The second-order valence-corrected chi connectivity index (χ2v) is 3.00. The van der Waals surface area contributed by atoms with Crippen LogP contribution in [0.5, 0.6) is 0 Å². The topological polar surface area (TPSA) is 73.6 Å². The molecule has 15 heavy (non-hydrogen) atoms. The number of hydrogen-bond donors (Lipinski definition) is 0. The fourth-order valence-corrected chi connectivity index (χ4v) is 1.49. The first-order chi connectivity index (χ1) is 7.27. The van der Waals surface area contributed by atoms with Crippen LogP contribution in [0.1, 0.15) is 0 Å². The van der Waals surface area contributed by atoms with Gasteiger partial charge in [0.05, 0.1) is 12.5 Å². The SMILES string of the molecule is O=c1oc(=O)c2ccoc2c2occc12. The lowest BCUT2D eigenvalue weighted by Crippen LogP contribution is -2.03. The first-order valence-electron chi connectivity index (χ1n) is 4.19. The van der Waals surface area contributed by atoms with Gasteiger partial charge in [-0.15, -0.1) is 0 Å². The molecule has 3 rings (SSSR count). The van der Waals surface area contributed by atoms with E-state index in [9.17, 15) is 9.59 Å². The van der Waals surface area contributed by atoms with Crippen molar-refractivity contribution in [3.05, 3.63) is 45.5 Å². The van der Waals surface area contributed by atoms with E-state index in [1.807, 2.05) is 0 Å². The standard InChI is InChI=1S/C10H4O5/c11-9-5-1-3-13-7(5)8-6(2-4-14-8)10(12)15-9/h1-4H. The van der Waals surface area contributed by atoms with Crippen LogP contribution < -0.4 is 11.3 Å². The van der Waals surface area contributed by atoms with Crippen molar-refractivity contribution < 1.29 is 13.3 Å². The maximum atomic E-state index is 11.4. The van der Waals surface area contributed by atoms with Crippen molar-refractivity contribution >= 4 is 21.9 Å². The van der Waals surface area contributed by atoms with E-state index < -0.39 is 11.3 Å². The lowest BCUT2D eigenvalue weighted by atomic mass is 10.3. The lowest BCUT2D eigenvalue weighted by Gasteiger charge is -1.78. The first-order valence-corrected chi connectivity index (χ1v) is 4.19. The summed E-state index contributed by atoms with van der Waals surface area (Å²) in [5.74, 6) is 0. The molecule has 0 atom stereocenters. The van der Waals surface area contributed by atoms with Crippen molar-refractivity contribution in [1.29, 1.82) is 0 Å². The third-order valence-electron chi connectivity index (χ3n) is 2.16. The predicted octanol–water partition coefficient (Wildman–Crippen LogP) is 1.49. The summed E-state index contributed by atoms with van der Waals surface area (Å²) in [6.45, 7) is 0. The van der Waals surface area contributed by atoms with Crippen molar-refractivity contribution in [2.45, 2.75) is 0 Å². The van der Waals surface area contributed by atoms with E-state index in [4.69, 9.17) is 8.83 Å². The molecule has 0 spiro atoms. The van der Waals surface area contributed by atoms with Crippen LogP contribution in [0.15, 0.2) is 47.5 Å². The van der Waals surface area contributed by atoms with Gasteiger partial charge in [-0.3, -0.25) is 0 Å². The highest BCUT2D eigenvalue weighted by atomic mass is 16.4. The molecule has 3 aromatic rings. The number of furan rings is 2. The highest BCUT2D eigenvalue weighted by Crippen LogP contribution is 2.20. The number of rotatable bonds is 0. The Balaban J connectivity index is 2.86. The molecule has 0 saturated heterocycles. The molecule has 0 aliphatic rings. The van der Waals surface area contributed by atoms with Gasteiger partial charge in [-0.25, -0.2) is 9.59 Å². The quantitative estimate of drug-likeness (QED) is 0.554.